The van der Waals surface area contributed by atoms with Crippen molar-refractivity contribution < 1.29 is 18.7 Å². The van der Waals surface area contributed by atoms with Gasteiger partial charge in [-0.25, -0.2) is 4.39 Å². The Kier molecular flexibility index (Phi) is 6.81. The van der Waals surface area contributed by atoms with Gasteiger partial charge in [-0.3, -0.25) is 9.59 Å². The van der Waals surface area contributed by atoms with Gasteiger partial charge >= 0.3 is 5.97 Å². The summed E-state index contributed by atoms with van der Waals surface area (Å²) in [5.41, 5.74) is 6.22. The first kappa shape index (κ1) is 17.1. The molecule has 0 bridgehead atoms. The minimum Gasteiger partial charge on any atom is -0.466 e. The lowest BCUT2D eigenvalue weighted by molar-refractivity contribution is -0.143. The summed E-state index contributed by atoms with van der Waals surface area (Å²) in [7, 11) is 0. The molecule has 5 nitrogen and oxygen atoms in total. The highest BCUT2D eigenvalue weighted by molar-refractivity contribution is 5.78. The summed E-state index contributed by atoms with van der Waals surface area (Å²) in [6.45, 7) is 3.69. The predicted octanol–water partition coefficient (Wildman–Crippen LogP) is 1.67. The Morgan fingerprint density at radius 1 is 1.29 bits per heavy atom. The molecule has 2 unspecified atom stereocenters. The Bertz CT molecular complexity index is 474. The molecule has 1 amide bonds. The van der Waals surface area contributed by atoms with Crippen LogP contribution in [0.1, 0.15) is 38.3 Å². The van der Waals surface area contributed by atoms with Gasteiger partial charge in [0.25, 0.3) is 0 Å². The van der Waals surface area contributed by atoms with Crippen molar-refractivity contribution in [3.05, 3.63) is 35.6 Å². The van der Waals surface area contributed by atoms with Crippen LogP contribution < -0.4 is 11.1 Å². The minimum absolute atomic E-state index is 0.00976. The highest BCUT2D eigenvalue weighted by atomic mass is 19.1. The van der Waals surface area contributed by atoms with Crippen LogP contribution in [0.4, 0.5) is 4.39 Å². The summed E-state index contributed by atoms with van der Waals surface area (Å²) in [4.78, 5) is 23.5. The van der Waals surface area contributed by atoms with Crippen molar-refractivity contribution in [2.75, 3.05) is 6.61 Å². The molecule has 116 valence electrons. The molecule has 0 saturated heterocycles. The van der Waals surface area contributed by atoms with Crippen LogP contribution in [0.5, 0.6) is 0 Å². The summed E-state index contributed by atoms with van der Waals surface area (Å²) in [6.07, 6.45) is 0.144. The number of benzene rings is 1. The summed E-state index contributed by atoms with van der Waals surface area (Å²) in [5.74, 6) is -1.06. The van der Waals surface area contributed by atoms with Crippen LogP contribution in [0.25, 0.3) is 0 Å². The predicted molar refractivity (Wildman–Crippen MR) is 76.8 cm³/mol. The van der Waals surface area contributed by atoms with Gasteiger partial charge in [-0.2, -0.15) is 0 Å². The summed E-state index contributed by atoms with van der Waals surface area (Å²) in [5, 5.41) is 2.73. The zero-order valence-corrected chi connectivity index (χ0v) is 12.3. The highest BCUT2D eigenvalue weighted by Gasteiger charge is 2.19. The monoisotopic (exact) mass is 296 g/mol. The van der Waals surface area contributed by atoms with Crippen molar-refractivity contribution in [1.82, 2.24) is 5.32 Å². The Morgan fingerprint density at radius 3 is 2.43 bits per heavy atom. The van der Waals surface area contributed by atoms with E-state index in [1.807, 2.05) is 0 Å². The molecule has 0 aromatic heterocycles. The molecule has 0 fully saturated rings. The van der Waals surface area contributed by atoms with E-state index < -0.39 is 12.0 Å². The SMILES string of the molecule is CCOC(=O)CC(NC(=O)CC(C)N)c1ccc(F)cc1. The van der Waals surface area contributed by atoms with Crippen LogP contribution in [-0.2, 0) is 14.3 Å². The minimum atomic E-state index is -0.559. The largest absolute Gasteiger partial charge is 0.466 e. The molecule has 0 saturated carbocycles. The fourth-order valence-corrected chi connectivity index (χ4v) is 1.88. The quantitative estimate of drug-likeness (QED) is 0.750. The molecule has 2 atom stereocenters. The van der Waals surface area contributed by atoms with Crippen LogP contribution in [0.2, 0.25) is 0 Å². The van der Waals surface area contributed by atoms with E-state index in [1.54, 1.807) is 13.8 Å². The van der Waals surface area contributed by atoms with Crippen molar-refractivity contribution in [1.29, 1.82) is 0 Å². The number of hydrogen-bond acceptors (Lipinski definition) is 4. The second-order valence-electron chi connectivity index (χ2n) is 4.86. The van der Waals surface area contributed by atoms with Crippen LogP contribution in [0.3, 0.4) is 0 Å². The Hall–Kier alpha value is -1.95. The molecule has 1 aromatic rings. The van der Waals surface area contributed by atoms with Gasteiger partial charge in [-0.1, -0.05) is 12.1 Å². The first-order chi connectivity index (χ1) is 9.92. The molecule has 1 rings (SSSR count). The molecule has 21 heavy (non-hydrogen) atoms. The average molecular weight is 296 g/mol. The van der Waals surface area contributed by atoms with Gasteiger partial charge in [-0.15, -0.1) is 0 Å². The van der Waals surface area contributed by atoms with E-state index >= 15 is 0 Å². The number of esters is 1. The van der Waals surface area contributed by atoms with E-state index in [4.69, 9.17) is 10.5 Å². The first-order valence-corrected chi connectivity index (χ1v) is 6.88. The second-order valence-corrected chi connectivity index (χ2v) is 4.86. The number of carbonyl (C=O) groups excluding carboxylic acids is 2. The molecule has 0 radical (unpaired) electrons. The smallest absolute Gasteiger partial charge is 0.308 e. The molecule has 0 heterocycles. The van der Waals surface area contributed by atoms with E-state index in [2.05, 4.69) is 5.32 Å². The maximum Gasteiger partial charge on any atom is 0.308 e. The van der Waals surface area contributed by atoms with Crippen molar-refractivity contribution >= 4 is 11.9 Å². The lowest BCUT2D eigenvalue weighted by Crippen LogP contribution is -2.34. The van der Waals surface area contributed by atoms with E-state index in [0.717, 1.165) is 0 Å². The van der Waals surface area contributed by atoms with E-state index in [1.165, 1.54) is 24.3 Å². The Labute approximate surface area is 123 Å². The van der Waals surface area contributed by atoms with Gasteiger partial charge in [0.2, 0.25) is 5.91 Å². The third-order valence-corrected chi connectivity index (χ3v) is 2.79. The van der Waals surface area contributed by atoms with Crippen LogP contribution >= 0.6 is 0 Å². The van der Waals surface area contributed by atoms with Crippen LogP contribution in [0, 0.1) is 5.82 Å². The number of nitrogens with two attached hydrogens (primary N) is 1. The van der Waals surface area contributed by atoms with Crippen molar-refractivity contribution in [3.63, 3.8) is 0 Å². The van der Waals surface area contributed by atoms with Gasteiger partial charge in [0.15, 0.2) is 0 Å². The second kappa shape index (κ2) is 8.36. The first-order valence-electron chi connectivity index (χ1n) is 6.88. The molecule has 0 aliphatic rings. The number of carbonyl (C=O) groups is 2. The van der Waals surface area contributed by atoms with Gasteiger partial charge in [0.05, 0.1) is 19.1 Å². The zero-order valence-electron chi connectivity index (χ0n) is 12.3. The normalized spacial score (nSPS) is 13.3. The van der Waals surface area contributed by atoms with Crippen LogP contribution in [0.15, 0.2) is 24.3 Å². The fraction of sp³-hybridized carbons (Fsp3) is 0.467. The van der Waals surface area contributed by atoms with Gasteiger partial charge in [0.1, 0.15) is 5.82 Å². The fourth-order valence-electron chi connectivity index (χ4n) is 1.88. The number of halogens is 1. The average Bonchev–Trinajstić information content (AvgIpc) is 2.38. The number of nitrogens with one attached hydrogen (secondary N) is 1. The molecule has 6 heteroatoms. The third kappa shape index (κ3) is 6.35. The highest BCUT2D eigenvalue weighted by Crippen LogP contribution is 2.18. The maximum absolute atomic E-state index is 13.0. The lowest BCUT2D eigenvalue weighted by atomic mass is 10.0. The molecule has 0 aliphatic carbocycles. The van der Waals surface area contributed by atoms with Crippen molar-refractivity contribution in [2.45, 2.75) is 38.8 Å². The molecule has 0 spiro atoms. The Balaban J connectivity index is 2.81. The topological polar surface area (TPSA) is 81.4 Å². The standard InChI is InChI=1S/C15H21FN2O3/c1-3-21-15(20)9-13(18-14(19)8-10(2)17)11-4-6-12(16)7-5-11/h4-7,10,13H,3,8-9,17H2,1-2H3,(H,18,19). The van der Waals surface area contributed by atoms with Crippen molar-refractivity contribution in [2.24, 2.45) is 5.73 Å². The summed E-state index contributed by atoms with van der Waals surface area (Å²) >= 11 is 0. The molecular formula is C15H21FN2O3. The summed E-state index contributed by atoms with van der Waals surface area (Å²) < 4.78 is 17.9. The van der Waals surface area contributed by atoms with E-state index in [9.17, 15) is 14.0 Å². The summed E-state index contributed by atoms with van der Waals surface area (Å²) in [6, 6.07) is 4.80. The van der Waals surface area contributed by atoms with Crippen molar-refractivity contribution in [3.8, 4) is 0 Å². The lowest BCUT2D eigenvalue weighted by Gasteiger charge is -2.19. The molecular weight excluding hydrogens is 275 g/mol. The molecule has 1 aromatic carbocycles. The van der Waals surface area contributed by atoms with E-state index in [-0.39, 0.29) is 37.2 Å². The zero-order chi connectivity index (χ0) is 15.8. The number of ether oxygens (including phenoxy) is 1. The third-order valence-electron chi connectivity index (χ3n) is 2.79. The number of hydrogen-bond donors (Lipinski definition) is 2. The number of rotatable bonds is 7. The van der Waals surface area contributed by atoms with Gasteiger partial charge in [0, 0.05) is 12.5 Å². The van der Waals surface area contributed by atoms with Gasteiger partial charge < -0.3 is 15.8 Å². The van der Waals surface area contributed by atoms with E-state index in [0.29, 0.717) is 5.56 Å². The molecule has 3 N–H and O–H groups in total. The maximum atomic E-state index is 13.0. The van der Waals surface area contributed by atoms with Gasteiger partial charge in [-0.05, 0) is 31.5 Å². The van der Waals surface area contributed by atoms with Crippen LogP contribution in [-0.4, -0.2) is 24.5 Å². The molecule has 0 aliphatic heterocycles. The number of amides is 1. The Morgan fingerprint density at radius 2 is 1.90 bits per heavy atom.